The summed E-state index contributed by atoms with van der Waals surface area (Å²) in [5.41, 5.74) is 4.70. The summed E-state index contributed by atoms with van der Waals surface area (Å²) >= 11 is 3.22. The molecule has 0 bridgehead atoms. The fraction of sp³-hybridized carbons (Fsp3) is 0.417. The molecule has 0 radical (unpaired) electrons. The lowest BCUT2D eigenvalue weighted by Crippen LogP contribution is -2.55. The maximum atomic E-state index is 12.5. The van der Waals surface area contributed by atoms with Crippen LogP contribution in [0.2, 0.25) is 0 Å². The molecule has 1 aliphatic rings. The molecule has 2 rings (SSSR count). The Hall–Kier alpha value is -1.12. The van der Waals surface area contributed by atoms with Gasteiger partial charge in [-0.15, -0.1) is 0 Å². The van der Waals surface area contributed by atoms with E-state index < -0.39 is 15.6 Å². The summed E-state index contributed by atoms with van der Waals surface area (Å²) < 4.78 is 28.1. The highest BCUT2D eigenvalue weighted by atomic mass is 79.9. The van der Waals surface area contributed by atoms with Crippen LogP contribution in [0.1, 0.15) is 25.7 Å². The second kappa shape index (κ2) is 5.71. The number of sulfonamides is 1. The molecule has 0 saturated heterocycles. The molecule has 1 aromatic carbocycles. The minimum atomic E-state index is -3.76. The van der Waals surface area contributed by atoms with Crippen molar-refractivity contribution in [2.75, 3.05) is 0 Å². The summed E-state index contributed by atoms with van der Waals surface area (Å²) in [4.78, 5) is 0.136. The number of nitrogens with two attached hydrogens (primary N) is 1. The summed E-state index contributed by atoms with van der Waals surface area (Å²) in [6.07, 6.45) is 2.70. The molecule has 1 saturated carbocycles. The van der Waals surface area contributed by atoms with Crippen molar-refractivity contribution in [1.82, 2.24) is 4.72 Å². The Morgan fingerprint density at radius 3 is 2.50 bits per heavy atom. The van der Waals surface area contributed by atoms with E-state index in [0.29, 0.717) is 17.3 Å². The van der Waals surface area contributed by atoms with Crippen LogP contribution in [0.4, 0.5) is 0 Å². The minimum absolute atomic E-state index is 0.0920. The molecule has 0 heterocycles. The molecule has 8 heteroatoms. The summed E-state index contributed by atoms with van der Waals surface area (Å²) in [5, 5.41) is 11.9. The zero-order valence-corrected chi connectivity index (χ0v) is 13.1. The molecular weight excluding hydrogens is 346 g/mol. The predicted octanol–water partition coefficient (Wildman–Crippen LogP) is 1.79. The lowest BCUT2D eigenvalue weighted by molar-refractivity contribution is 0.309. The summed E-state index contributed by atoms with van der Waals surface area (Å²) in [6, 6.07) is 6.53. The number of amidine groups is 1. The first-order valence-electron chi connectivity index (χ1n) is 6.18. The molecule has 0 spiro atoms. The van der Waals surface area contributed by atoms with Gasteiger partial charge in [-0.3, -0.25) is 0 Å². The molecule has 0 amide bonds. The third kappa shape index (κ3) is 2.82. The molecule has 4 N–H and O–H groups in total. The lowest BCUT2D eigenvalue weighted by Gasteiger charge is -2.28. The molecule has 110 valence electrons. The van der Waals surface area contributed by atoms with Crippen molar-refractivity contribution >= 4 is 31.8 Å². The van der Waals surface area contributed by atoms with Crippen LogP contribution in [-0.4, -0.2) is 25.0 Å². The third-order valence-corrected chi connectivity index (χ3v) is 6.06. The third-order valence-electron chi connectivity index (χ3n) is 3.51. The van der Waals surface area contributed by atoms with Gasteiger partial charge in [0.2, 0.25) is 10.0 Å². The number of rotatable bonds is 4. The van der Waals surface area contributed by atoms with E-state index in [1.54, 1.807) is 18.2 Å². The van der Waals surface area contributed by atoms with Crippen molar-refractivity contribution in [3.05, 3.63) is 28.7 Å². The van der Waals surface area contributed by atoms with Crippen LogP contribution in [0.3, 0.4) is 0 Å². The van der Waals surface area contributed by atoms with Crippen molar-refractivity contribution < 1.29 is 13.6 Å². The summed E-state index contributed by atoms with van der Waals surface area (Å²) in [6.45, 7) is 0. The van der Waals surface area contributed by atoms with Crippen molar-refractivity contribution in [3.8, 4) is 0 Å². The molecule has 0 atom stereocenters. The zero-order valence-electron chi connectivity index (χ0n) is 10.7. The highest BCUT2D eigenvalue weighted by Gasteiger charge is 2.42. The topological polar surface area (TPSA) is 105 Å². The molecule has 0 aromatic heterocycles. The highest BCUT2D eigenvalue weighted by Crippen LogP contribution is 2.32. The van der Waals surface area contributed by atoms with Gasteiger partial charge in [-0.1, -0.05) is 30.1 Å². The second-order valence-corrected chi connectivity index (χ2v) is 7.32. The summed E-state index contributed by atoms with van der Waals surface area (Å²) in [5.74, 6) is -0.0920. The number of halogens is 1. The van der Waals surface area contributed by atoms with Crippen molar-refractivity contribution in [2.24, 2.45) is 10.9 Å². The number of hydrogen-bond donors (Lipinski definition) is 3. The van der Waals surface area contributed by atoms with Crippen LogP contribution in [0.15, 0.2) is 38.8 Å². The molecule has 1 fully saturated rings. The van der Waals surface area contributed by atoms with E-state index in [4.69, 9.17) is 10.9 Å². The lowest BCUT2D eigenvalue weighted by atomic mass is 9.98. The standard InChI is InChI=1S/C12H16BrN3O3S/c13-9-5-1-2-6-10(9)20(18,19)16-12(11(14)15-17)7-3-4-8-12/h1-2,5-6,16-17H,3-4,7-8H2,(H2,14,15). The van der Waals surface area contributed by atoms with Crippen LogP contribution in [0, 0.1) is 0 Å². The Kier molecular flexibility index (Phi) is 4.36. The maximum Gasteiger partial charge on any atom is 0.242 e. The van der Waals surface area contributed by atoms with E-state index in [2.05, 4.69) is 25.8 Å². The van der Waals surface area contributed by atoms with E-state index in [0.717, 1.165) is 12.8 Å². The molecule has 6 nitrogen and oxygen atoms in total. The van der Waals surface area contributed by atoms with Crippen molar-refractivity contribution in [1.29, 1.82) is 0 Å². The van der Waals surface area contributed by atoms with Gasteiger partial charge in [-0.05, 0) is 40.9 Å². The van der Waals surface area contributed by atoms with Crippen LogP contribution in [0.5, 0.6) is 0 Å². The van der Waals surface area contributed by atoms with E-state index in [9.17, 15) is 8.42 Å². The van der Waals surface area contributed by atoms with Gasteiger partial charge in [0.1, 0.15) is 0 Å². The van der Waals surface area contributed by atoms with Gasteiger partial charge in [0.25, 0.3) is 0 Å². The quantitative estimate of drug-likeness (QED) is 0.329. The first-order chi connectivity index (χ1) is 9.41. The normalized spacial score (nSPS) is 19.1. The first kappa shape index (κ1) is 15.3. The fourth-order valence-corrected chi connectivity index (χ4v) is 4.90. The van der Waals surface area contributed by atoms with Crippen LogP contribution in [-0.2, 0) is 10.0 Å². The Morgan fingerprint density at radius 2 is 1.95 bits per heavy atom. The van der Waals surface area contributed by atoms with Crippen molar-refractivity contribution in [2.45, 2.75) is 36.1 Å². The molecule has 20 heavy (non-hydrogen) atoms. The van der Waals surface area contributed by atoms with Gasteiger partial charge < -0.3 is 10.9 Å². The smallest absolute Gasteiger partial charge is 0.242 e. The molecule has 1 aliphatic carbocycles. The Bertz CT molecular complexity index is 625. The average molecular weight is 362 g/mol. The maximum absolute atomic E-state index is 12.5. The average Bonchev–Trinajstić information content (AvgIpc) is 2.87. The number of nitrogens with zero attached hydrogens (tertiary/aromatic N) is 1. The van der Waals surface area contributed by atoms with Gasteiger partial charge in [-0.25, -0.2) is 8.42 Å². The van der Waals surface area contributed by atoms with Gasteiger partial charge in [-0.2, -0.15) is 4.72 Å². The highest BCUT2D eigenvalue weighted by molar-refractivity contribution is 9.10. The summed E-state index contributed by atoms with van der Waals surface area (Å²) in [7, 11) is -3.76. The fourth-order valence-electron chi connectivity index (χ4n) is 2.46. The van der Waals surface area contributed by atoms with E-state index in [1.165, 1.54) is 6.07 Å². The predicted molar refractivity (Wildman–Crippen MR) is 79.1 cm³/mol. The van der Waals surface area contributed by atoms with Crippen molar-refractivity contribution in [3.63, 3.8) is 0 Å². The zero-order chi connectivity index (χ0) is 14.8. The molecular formula is C12H16BrN3O3S. The van der Waals surface area contributed by atoms with Crippen LogP contribution < -0.4 is 10.5 Å². The minimum Gasteiger partial charge on any atom is -0.409 e. The van der Waals surface area contributed by atoms with Gasteiger partial charge in [0, 0.05) is 4.47 Å². The van der Waals surface area contributed by atoms with Gasteiger partial charge >= 0.3 is 0 Å². The molecule has 0 aliphatic heterocycles. The SMILES string of the molecule is N/C(=N/O)C1(NS(=O)(=O)c2ccccc2Br)CCCC1. The van der Waals surface area contributed by atoms with Gasteiger partial charge in [0.05, 0.1) is 10.4 Å². The second-order valence-electron chi connectivity index (χ2n) is 4.81. The first-order valence-corrected chi connectivity index (χ1v) is 8.45. The van der Waals surface area contributed by atoms with Crippen LogP contribution in [0.25, 0.3) is 0 Å². The number of benzene rings is 1. The molecule has 0 unspecified atom stereocenters. The van der Waals surface area contributed by atoms with E-state index >= 15 is 0 Å². The number of oxime groups is 1. The molecule has 1 aromatic rings. The number of nitrogens with one attached hydrogen (secondary N) is 1. The monoisotopic (exact) mass is 361 g/mol. The van der Waals surface area contributed by atoms with E-state index in [-0.39, 0.29) is 10.7 Å². The van der Waals surface area contributed by atoms with Crippen LogP contribution >= 0.6 is 15.9 Å². The van der Waals surface area contributed by atoms with E-state index in [1.807, 2.05) is 0 Å². The Morgan fingerprint density at radius 1 is 1.35 bits per heavy atom. The van der Waals surface area contributed by atoms with Gasteiger partial charge in [0.15, 0.2) is 5.84 Å². The Balaban J connectivity index is 2.39. The Labute approximate surface area is 126 Å². The largest absolute Gasteiger partial charge is 0.409 e. The number of hydrogen-bond acceptors (Lipinski definition) is 4.